The van der Waals surface area contributed by atoms with Crippen LogP contribution in [0.3, 0.4) is 0 Å². The van der Waals surface area contributed by atoms with Crippen molar-refractivity contribution in [3.8, 4) is 0 Å². The SMILES string of the molecule is O=C(CCCl)NCC1(N2CCCCC2)CCCCC1. The lowest BCUT2D eigenvalue weighted by Crippen LogP contribution is -2.58. The monoisotopic (exact) mass is 286 g/mol. The summed E-state index contributed by atoms with van der Waals surface area (Å²) in [6.07, 6.45) is 10.9. The van der Waals surface area contributed by atoms with Crippen LogP contribution >= 0.6 is 11.6 Å². The summed E-state index contributed by atoms with van der Waals surface area (Å²) in [6, 6.07) is 0. The standard InChI is InChI=1S/C15H27ClN2O/c16-10-7-14(19)17-13-15(8-3-1-4-9-15)18-11-5-2-6-12-18/h1-13H2,(H,17,19). The van der Waals surface area contributed by atoms with E-state index in [4.69, 9.17) is 11.6 Å². The largest absolute Gasteiger partial charge is 0.354 e. The number of hydrogen-bond acceptors (Lipinski definition) is 2. The molecule has 2 rings (SSSR count). The lowest BCUT2D eigenvalue weighted by Gasteiger charge is -2.48. The molecular weight excluding hydrogens is 260 g/mol. The van der Waals surface area contributed by atoms with Gasteiger partial charge in [-0.1, -0.05) is 25.7 Å². The van der Waals surface area contributed by atoms with Gasteiger partial charge in [-0.3, -0.25) is 9.69 Å². The zero-order valence-electron chi connectivity index (χ0n) is 11.9. The molecule has 1 aliphatic carbocycles. The van der Waals surface area contributed by atoms with Gasteiger partial charge in [0.2, 0.25) is 5.91 Å². The van der Waals surface area contributed by atoms with Crippen molar-refractivity contribution >= 4 is 17.5 Å². The van der Waals surface area contributed by atoms with Crippen molar-refractivity contribution in [3.05, 3.63) is 0 Å². The van der Waals surface area contributed by atoms with Crippen LogP contribution in [0.2, 0.25) is 0 Å². The van der Waals surface area contributed by atoms with E-state index in [9.17, 15) is 4.79 Å². The Morgan fingerprint density at radius 1 is 1.05 bits per heavy atom. The Morgan fingerprint density at radius 3 is 2.32 bits per heavy atom. The molecule has 0 radical (unpaired) electrons. The van der Waals surface area contributed by atoms with E-state index in [1.54, 1.807) is 0 Å². The Kier molecular flexibility index (Phi) is 5.96. The molecule has 0 aromatic carbocycles. The second-order valence-corrected chi connectivity index (χ2v) is 6.43. The maximum absolute atomic E-state index is 11.7. The molecule has 0 aromatic heterocycles. The van der Waals surface area contributed by atoms with E-state index in [0.29, 0.717) is 12.3 Å². The van der Waals surface area contributed by atoms with E-state index >= 15 is 0 Å². The molecule has 0 atom stereocenters. The van der Waals surface area contributed by atoms with E-state index in [-0.39, 0.29) is 11.4 Å². The van der Waals surface area contributed by atoms with Crippen molar-refractivity contribution in [2.45, 2.75) is 63.3 Å². The number of carbonyl (C=O) groups excluding carboxylic acids is 1. The van der Waals surface area contributed by atoms with Crippen LogP contribution in [0.1, 0.15) is 57.8 Å². The normalized spacial score (nSPS) is 24.1. The molecule has 0 bridgehead atoms. The van der Waals surface area contributed by atoms with Gasteiger partial charge in [0.1, 0.15) is 0 Å². The first kappa shape index (κ1) is 15.1. The Morgan fingerprint density at radius 2 is 1.68 bits per heavy atom. The number of halogens is 1. The molecule has 2 aliphatic rings. The van der Waals surface area contributed by atoms with E-state index in [0.717, 1.165) is 6.54 Å². The molecule has 2 fully saturated rings. The first-order chi connectivity index (χ1) is 9.27. The van der Waals surface area contributed by atoms with Crippen LogP contribution < -0.4 is 5.32 Å². The molecule has 1 saturated carbocycles. The molecule has 19 heavy (non-hydrogen) atoms. The predicted molar refractivity (Wildman–Crippen MR) is 79.6 cm³/mol. The average Bonchev–Trinajstić information content (AvgIpc) is 2.47. The highest BCUT2D eigenvalue weighted by molar-refractivity contribution is 6.18. The molecule has 0 unspecified atom stereocenters. The molecule has 0 aromatic rings. The molecule has 4 heteroatoms. The summed E-state index contributed by atoms with van der Waals surface area (Å²) in [5, 5.41) is 3.13. The fourth-order valence-corrected chi connectivity index (χ4v) is 3.79. The Hall–Kier alpha value is -0.280. The number of piperidine rings is 1. The van der Waals surface area contributed by atoms with Gasteiger partial charge in [-0.05, 0) is 38.8 Å². The highest BCUT2D eigenvalue weighted by Gasteiger charge is 2.38. The lowest BCUT2D eigenvalue weighted by molar-refractivity contribution is -0.121. The third kappa shape index (κ3) is 4.09. The minimum atomic E-state index is 0.108. The number of hydrogen-bond donors (Lipinski definition) is 1. The Bertz CT molecular complexity index is 284. The molecule has 0 spiro atoms. The topological polar surface area (TPSA) is 32.3 Å². The van der Waals surface area contributed by atoms with Crippen LogP contribution in [0.4, 0.5) is 0 Å². The quantitative estimate of drug-likeness (QED) is 0.788. The second-order valence-electron chi connectivity index (χ2n) is 6.05. The molecule has 1 N–H and O–H groups in total. The molecule has 1 heterocycles. The minimum Gasteiger partial charge on any atom is -0.354 e. The first-order valence-electron chi connectivity index (χ1n) is 7.85. The number of alkyl halides is 1. The van der Waals surface area contributed by atoms with Crippen molar-refractivity contribution in [3.63, 3.8) is 0 Å². The predicted octanol–water partition coefficient (Wildman–Crippen LogP) is 2.92. The van der Waals surface area contributed by atoms with Crippen molar-refractivity contribution in [2.75, 3.05) is 25.5 Å². The van der Waals surface area contributed by atoms with Crippen molar-refractivity contribution in [2.24, 2.45) is 0 Å². The zero-order valence-corrected chi connectivity index (χ0v) is 12.7. The van der Waals surface area contributed by atoms with Gasteiger partial charge >= 0.3 is 0 Å². The van der Waals surface area contributed by atoms with E-state index < -0.39 is 0 Å². The molecule has 110 valence electrons. The molecule has 1 saturated heterocycles. The summed E-state index contributed by atoms with van der Waals surface area (Å²) in [5.74, 6) is 0.527. The number of carbonyl (C=O) groups is 1. The second kappa shape index (κ2) is 7.49. The molecule has 3 nitrogen and oxygen atoms in total. The fraction of sp³-hybridized carbons (Fsp3) is 0.933. The third-order valence-corrected chi connectivity index (χ3v) is 4.94. The molecular formula is C15H27ClN2O. The zero-order chi connectivity index (χ0) is 13.6. The number of nitrogens with zero attached hydrogens (tertiary/aromatic N) is 1. The van der Waals surface area contributed by atoms with E-state index in [1.165, 1.54) is 64.5 Å². The van der Waals surface area contributed by atoms with Crippen LogP contribution in [0, 0.1) is 0 Å². The summed E-state index contributed by atoms with van der Waals surface area (Å²) in [7, 11) is 0. The minimum absolute atomic E-state index is 0.108. The van der Waals surface area contributed by atoms with Gasteiger partial charge in [-0.15, -0.1) is 11.6 Å². The van der Waals surface area contributed by atoms with Gasteiger partial charge in [0.15, 0.2) is 0 Å². The number of nitrogens with one attached hydrogen (secondary N) is 1. The molecule has 1 amide bonds. The van der Waals surface area contributed by atoms with Gasteiger partial charge in [0.05, 0.1) is 0 Å². The summed E-state index contributed by atoms with van der Waals surface area (Å²) >= 11 is 5.63. The van der Waals surface area contributed by atoms with Gasteiger partial charge in [-0.25, -0.2) is 0 Å². The van der Waals surface area contributed by atoms with Crippen LogP contribution in [-0.2, 0) is 4.79 Å². The van der Waals surface area contributed by atoms with Gasteiger partial charge in [0, 0.05) is 24.4 Å². The average molecular weight is 287 g/mol. The highest BCUT2D eigenvalue weighted by Crippen LogP contribution is 2.35. The smallest absolute Gasteiger partial charge is 0.221 e. The number of amides is 1. The van der Waals surface area contributed by atoms with E-state index in [2.05, 4.69) is 10.2 Å². The number of likely N-dealkylation sites (tertiary alicyclic amines) is 1. The summed E-state index contributed by atoms with van der Waals surface area (Å²) in [6.45, 7) is 3.25. The van der Waals surface area contributed by atoms with Crippen LogP contribution in [0.5, 0.6) is 0 Å². The van der Waals surface area contributed by atoms with Crippen LogP contribution in [0.15, 0.2) is 0 Å². The van der Waals surface area contributed by atoms with Crippen molar-refractivity contribution in [1.82, 2.24) is 10.2 Å². The van der Waals surface area contributed by atoms with Crippen LogP contribution in [0.25, 0.3) is 0 Å². The maximum Gasteiger partial charge on any atom is 0.221 e. The lowest BCUT2D eigenvalue weighted by atomic mass is 9.79. The first-order valence-corrected chi connectivity index (χ1v) is 8.38. The van der Waals surface area contributed by atoms with E-state index in [1.807, 2.05) is 0 Å². The van der Waals surface area contributed by atoms with Gasteiger partial charge < -0.3 is 5.32 Å². The van der Waals surface area contributed by atoms with Crippen molar-refractivity contribution in [1.29, 1.82) is 0 Å². The summed E-state index contributed by atoms with van der Waals surface area (Å²) in [5.41, 5.74) is 0.237. The Labute approximate surface area is 122 Å². The maximum atomic E-state index is 11.7. The van der Waals surface area contributed by atoms with Crippen molar-refractivity contribution < 1.29 is 4.79 Å². The fourth-order valence-electron chi connectivity index (χ4n) is 3.62. The summed E-state index contributed by atoms with van der Waals surface area (Å²) < 4.78 is 0. The number of rotatable bonds is 5. The molecule has 1 aliphatic heterocycles. The summed E-state index contributed by atoms with van der Waals surface area (Å²) in [4.78, 5) is 14.4. The van der Waals surface area contributed by atoms with Gasteiger partial charge in [0.25, 0.3) is 0 Å². The van der Waals surface area contributed by atoms with Gasteiger partial charge in [-0.2, -0.15) is 0 Å². The third-order valence-electron chi connectivity index (χ3n) is 4.75. The highest BCUT2D eigenvalue weighted by atomic mass is 35.5. The Balaban J connectivity index is 1.95. The van der Waals surface area contributed by atoms with Crippen LogP contribution in [-0.4, -0.2) is 41.9 Å².